The van der Waals surface area contributed by atoms with Gasteiger partial charge < -0.3 is 5.73 Å². The van der Waals surface area contributed by atoms with Gasteiger partial charge in [0.05, 0.1) is 9.26 Å². The van der Waals surface area contributed by atoms with Gasteiger partial charge in [-0.2, -0.15) is 0 Å². The molecule has 2 N–H and O–H groups in total. The fraction of sp³-hybridized carbons (Fsp3) is 0.333. The normalized spacial score (nSPS) is 15.8. The number of halogens is 1. The third-order valence-corrected chi connectivity index (χ3v) is 4.73. The molecule has 0 aliphatic heterocycles. The summed E-state index contributed by atoms with van der Waals surface area (Å²) in [5.74, 6) is 2.02. The van der Waals surface area contributed by atoms with Crippen molar-refractivity contribution in [2.24, 2.45) is 0 Å². The molecule has 0 radical (unpaired) electrons. The van der Waals surface area contributed by atoms with Crippen molar-refractivity contribution >= 4 is 28.4 Å². The second-order valence-corrected chi connectivity index (χ2v) is 6.06. The Morgan fingerprint density at radius 2 is 1.74 bits per heavy atom. The quantitative estimate of drug-likeness (QED) is 0.819. The van der Waals surface area contributed by atoms with Crippen molar-refractivity contribution in [1.29, 1.82) is 0 Å². The topological polar surface area (TPSA) is 51.8 Å². The molecule has 1 aromatic heterocycles. The zero-order chi connectivity index (χ0) is 13.2. The van der Waals surface area contributed by atoms with Crippen LogP contribution in [0.4, 0.5) is 5.82 Å². The van der Waals surface area contributed by atoms with E-state index in [-0.39, 0.29) is 0 Å². The predicted molar refractivity (Wildman–Crippen MR) is 85.8 cm³/mol. The molecule has 98 valence electrons. The number of hydrogen-bond acceptors (Lipinski definition) is 3. The highest BCUT2D eigenvalue weighted by atomic mass is 127. The third-order valence-electron chi connectivity index (χ3n) is 3.66. The van der Waals surface area contributed by atoms with Gasteiger partial charge in [-0.1, -0.05) is 43.2 Å². The van der Waals surface area contributed by atoms with Crippen LogP contribution in [0.2, 0.25) is 0 Å². The Balaban J connectivity index is 2.08. The molecule has 0 amide bonds. The third kappa shape index (κ3) is 2.59. The molecule has 2 aromatic rings. The molecule has 3 rings (SSSR count). The van der Waals surface area contributed by atoms with Gasteiger partial charge in [-0.3, -0.25) is 0 Å². The van der Waals surface area contributed by atoms with E-state index in [1.54, 1.807) is 0 Å². The Morgan fingerprint density at radius 3 is 2.42 bits per heavy atom. The molecule has 1 aliphatic rings. The summed E-state index contributed by atoms with van der Waals surface area (Å²) in [5.41, 5.74) is 8.15. The second kappa shape index (κ2) is 5.45. The standard InChI is InChI=1S/C15H16IN3/c16-12-13(10-6-2-1-3-7-10)18-15(19-14(12)17)11-8-4-5-9-11/h1-3,6-7,11H,4-5,8-9H2,(H2,17,18,19). The van der Waals surface area contributed by atoms with Gasteiger partial charge in [0.2, 0.25) is 0 Å². The van der Waals surface area contributed by atoms with E-state index in [4.69, 9.17) is 10.7 Å². The number of nitrogens with zero attached hydrogens (tertiary/aromatic N) is 2. The van der Waals surface area contributed by atoms with E-state index in [9.17, 15) is 0 Å². The van der Waals surface area contributed by atoms with Crippen LogP contribution in [-0.4, -0.2) is 9.97 Å². The van der Waals surface area contributed by atoms with Crippen molar-refractivity contribution < 1.29 is 0 Å². The lowest BCUT2D eigenvalue weighted by atomic mass is 10.1. The maximum absolute atomic E-state index is 6.07. The molecular formula is C15H16IN3. The van der Waals surface area contributed by atoms with Crippen LogP contribution in [-0.2, 0) is 0 Å². The lowest BCUT2D eigenvalue weighted by Gasteiger charge is -2.12. The molecule has 4 heteroatoms. The van der Waals surface area contributed by atoms with Gasteiger partial charge in [0.15, 0.2) is 0 Å². The minimum Gasteiger partial charge on any atom is -0.383 e. The minimum absolute atomic E-state index is 0.488. The fourth-order valence-corrected chi connectivity index (χ4v) is 3.19. The molecule has 0 spiro atoms. The summed E-state index contributed by atoms with van der Waals surface area (Å²) in [6, 6.07) is 10.2. The molecule has 1 fully saturated rings. The Kier molecular flexibility index (Phi) is 3.68. The number of rotatable bonds is 2. The summed E-state index contributed by atoms with van der Waals surface area (Å²) in [4.78, 5) is 9.29. The van der Waals surface area contributed by atoms with E-state index < -0.39 is 0 Å². The van der Waals surface area contributed by atoms with Crippen LogP contribution in [0.5, 0.6) is 0 Å². The number of benzene rings is 1. The van der Waals surface area contributed by atoms with Crippen LogP contribution in [0.3, 0.4) is 0 Å². The van der Waals surface area contributed by atoms with E-state index in [1.165, 1.54) is 25.7 Å². The SMILES string of the molecule is Nc1nc(C2CCCC2)nc(-c2ccccc2)c1I. The highest BCUT2D eigenvalue weighted by molar-refractivity contribution is 14.1. The van der Waals surface area contributed by atoms with Crippen LogP contribution in [0.1, 0.15) is 37.4 Å². The van der Waals surface area contributed by atoms with E-state index >= 15 is 0 Å². The molecule has 1 saturated carbocycles. The molecule has 1 aromatic carbocycles. The first-order valence-corrected chi connectivity index (χ1v) is 7.72. The number of hydrogen-bond donors (Lipinski definition) is 1. The van der Waals surface area contributed by atoms with Gasteiger partial charge in [0.25, 0.3) is 0 Å². The predicted octanol–water partition coefficient (Wildman–Crippen LogP) is 3.99. The lowest BCUT2D eigenvalue weighted by Crippen LogP contribution is -2.07. The van der Waals surface area contributed by atoms with Crippen molar-refractivity contribution in [3.05, 3.63) is 39.7 Å². The molecule has 1 heterocycles. The average Bonchev–Trinajstić information content (AvgIpc) is 2.97. The fourth-order valence-electron chi connectivity index (χ4n) is 2.64. The van der Waals surface area contributed by atoms with Crippen molar-refractivity contribution in [3.8, 4) is 11.3 Å². The van der Waals surface area contributed by atoms with Crippen molar-refractivity contribution in [3.63, 3.8) is 0 Å². The van der Waals surface area contributed by atoms with E-state index in [1.807, 2.05) is 18.2 Å². The molecule has 1 aliphatic carbocycles. The Hall–Kier alpha value is -1.17. The highest BCUT2D eigenvalue weighted by Gasteiger charge is 2.22. The number of nitrogen functional groups attached to an aromatic ring is 1. The van der Waals surface area contributed by atoms with Crippen molar-refractivity contribution in [1.82, 2.24) is 9.97 Å². The van der Waals surface area contributed by atoms with Gasteiger partial charge in [0, 0.05) is 11.5 Å². The van der Waals surface area contributed by atoms with Crippen LogP contribution in [0, 0.1) is 3.57 Å². The van der Waals surface area contributed by atoms with Crippen LogP contribution in [0.15, 0.2) is 30.3 Å². The Labute approximate surface area is 126 Å². The van der Waals surface area contributed by atoms with Crippen molar-refractivity contribution in [2.45, 2.75) is 31.6 Å². The molecule has 19 heavy (non-hydrogen) atoms. The number of anilines is 1. The zero-order valence-corrected chi connectivity index (χ0v) is 12.8. The molecule has 3 nitrogen and oxygen atoms in total. The van der Waals surface area contributed by atoms with E-state index in [0.29, 0.717) is 11.7 Å². The molecule has 0 unspecified atom stereocenters. The second-order valence-electron chi connectivity index (χ2n) is 4.98. The van der Waals surface area contributed by atoms with Gasteiger partial charge in [-0.05, 0) is 35.4 Å². The smallest absolute Gasteiger partial charge is 0.141 e. The van der Waals surface area contributed by atoms with Crippen molar-refractivity contribution in [2.75, 3.05) is 5.73 Å². The molecular weight excluding hydrogens is 349 g/mol. The maximum Gasteiger partial charge on any atom is 0.141 e. The number of aromatic nitrogens is 2. The van der Waals surface area contributed by atoms with Crippen LogP contribution >= 0.6 is 22.6 Å². The summed E-state index contributed by atoms with van der Waals surface area (Å²) < 4.78 is 0.950. The summed E-state index contributed by atoms with van der Waals surface area (Å²) in [6.45, 7) is 0. The summed E-state index contributed by atoms with van der Waals surface area (Å²) >= 11 is 2.24. The largest absolute Gasteiger partial charge is 0.383 e. The molecule has 0 saturated heterocycles. The van der Waals surface area contributed by atoms with Crippen LogP contribution < -0.4 is 5.73 Å². The van der Waals surface area contributed by atoms with Gasteiger partial charge in [-0.25, -0.2) is 9.97 Å². The average molecular weight is 365 g/mol. The molecule has 0 atom stereocenters. The van der Waals surface area contributed by atoms with E-state index in [0.717, 1.165) is 20.7 Å². The first-order chi connectivity index (χ1) is 9.25. The van der Waals surface area contributed by atoms with E-state index in [2.05, 4.69) is 39.7 Å². The monoisotopic (exact) mass is 365 g/mol. The Bertz CT molecular complexity index is 577. The zero-order valence-electron chi connectivity index (χ0n) is 10.6. The van der Waals surface area contributed by atoms with Gasteiger partial charge >= 0.3 is 0 Å². The summed E-state index contributed by atoms with van der Waals surface area (Å²) in [7, 11) is 0. The molecule has 0 bridgehead atoms. The summed E-state index contributed by atoms with van der Waals surface area (Å²) in [5, 5.41) is 0. The van der Waals surface area contributed by atoms with Crippen LogP contribution in [0.25, 0.3) is 11.3 Å². The highest BCUT2D eigenvalue weighted by Crippen LogP contribution is 2.35. The van der Waals surface area contributed by atoms with Gasteiger partial charge in [-0.15, -0.1) is 0 Å². The first-order valence-electron chi connectivity index (χ1n) is 6.64. The Morgan fingerprint density at radius 1 is 1.05 bits per heavy atom. The maximum atomic E-state index is 6.07. The number of nitrogens with two attached hydrogens (primary N) is 1. The lowest BCUT2D eigenvalue weighted by molar-refractivity contribution is 0.669. The van der Waals surface area contributed by atoms with Gasteiger partial charge in [0.1, 0.15) is 11.6 Å². The first kappa shape index (κ1) is 12.8. The minimum atomic E-state index is 0.488. The summed E-state index contributed by atoms with van der Waals surface area (Å²) in [6.07, 6.45) is 4.93.